The van der Waals surface area contributed by atoms with Gasteiger partial charge >= 0.3 is 5.97 Å². The molecule has 5 rings (SSSR count). The molecule has 1 aliphatic heterocycles. The average molecular weight is 479 g/mol. The molecule has 4 aromatic rings. The maximum Gasteiger partial charge on any atom is 0.303 e. The first kappa shape index (κ1) is 23.2. The second-order valence-electron chi connectivity index (χ2n) is 8.84. The number of para-hydroxylation sites is 1. The molecule has 1 amide bonds. The molecule has 180 valence electrons. The van der Waals surface area contributed by atoms with Gasteiger partial charge in [-0.25, -0.2) is 9.69 Å². The number of carbonyl (C=O) groups excluding carboxylic acids is 1. The number of aromatic nitrogens is 2. The number of aliphatic carboxylic acids is 1. The maximum absolute atomic E-state index is 13.2. The van der Waals surface area contributed by atoms with Gasteiger partial charge in [0, 0.05) is 30.2 Å². The second kappa shape index (κ2) is 10.00. The van der Waals surface area contributed by atoms with Crippen LogP contribution in [-0.4, -0.2) is 37.5 Å². The van der Waals surface area contributed by atoms with Gasteiger partial charge in [0.05, 0.1) is 29.6 Å². The van der Waals surface area contributed by atoms with Crippen molar-refractivity contribution in [1.29, 1.82) is 0 Å². The highest BCUT2D eigenvalue weighted by Gasteiger charge is 2.36. The van der Waals surface area contributed by atoms with Gasteiger partial charge in [-0.3, -0.25) is 9.59 Å². The van der Waals surface area contributed by atoms with Gasteiger partial charge in [-0.15, -0.1) is 0 Å². The van der Waals surface area contributed by atoms with Crippen LogP contribution < -0.4 is 0 Å². The van der Waals surface area contributed by atoms with E-state index in [1.165, 1.54) is 5.01 Å². The Kier molecular flexibility index (Phi) is 6.45. The van der Waals surface area contributed by atoms with Gasteiger partial charge in [0.25, 0.3) is 0 Å². The van der Waals surface area contributed by atoms with Crippen LogP contribution in [0, 0.1) is 6.92 Å². The number of hydrogen-bond acceptors (Lipinski definition) is 4. The molecule has 0 saturated heterocycles. The molecule has 0 radical (unpaired) electrons. The molecule has 0 bridgehead atoms. The summed E-state index contributed by atoms with van der Waals surface area (Å²) >= 11 is 0. The highest BCUT2D eigenvalue weighted by atomic mass is 16.4. The third-order valence-corrected chi connectivity index (χ3v) is 6.27. The Morgan fingerprint density at radius 3 is 2.22 bits per heavy atom. The Bertz CT molecular complexity index is 1410. The predicted molar refractivity (Wildman–Crippen MR) is 138 cm³/mol. The minimum absolute atomic E-state index is 0.121. The van der Waals surface area contributed by atoms with Crippen molar-refractivity contribution in [1.82, 2.24) is 14.8 Å². The summed E-state index contributed by atoms with van der Waals surface area (Å²) in [5.74, 6) is -1.33. The molecule has 0 spiro atoms. The van der Waals surface area contributed by atoms with Gasteiger partial charge in [0.15, 0.2) is 0 Å². The van der Waals surface area contributed by atoms with Crippen LogP contribution in [0.25, 0.3) is 16.9 Å². The number of benzene rings is 3. The Morgan fingerprint density at radius 1 is 0.889 bits per heavy atom. The van der Waals surface area contributed by atoms with E-state index in [9.17, 15) is 9.59 Å². The maximum atomic E-state index is 13.2. The van der Waals surface area contributed by atoms with E-state index >= 15 is 0 Å². The lowest BCUT2D eigenvalue weighted by Gasteiger charge is -2.21. The Balaban J connectivity index is 1.60. The number of carboxylic acids is 1. The number of carbonyl (C=O) groups is 2. The fourth-order valence-corrected chi connectivity index (χ4v) is 4.40. The molecule has 3 aromatic carbocycles. The van der Waals surface area contributed by atoms with Gasteiger partial charge in [-0.1, -0.05) is 78.4 Å². The van der Waals surface area contributed by atoms with Crippen LogP contribution in [0.2, 0.25) is 0 Å². The van der Waals surface area contributed by atoms with Crippen LogP contribution in [0.1, 0.15) is 42.0 Å². The van der Waals surface area contributed by atoms with E-state index in [4.69, 9.17) is 15.3 Å². The van der Waals surface area contributed by atoms with Crippen LogP contribution in [0.3, 0.4) is 0 Å². The van der Waals surface area contributed by atoms with Gasteiger partial charge in [-0.05, 0) is 24.6 Å². The molecule has 0 fully saturated rings. The highest BCUT2D eigenvalue weighted by molar-refractivity contribution is 6.03. The first-order valence-electron chi connectivity index (χ1n) is 11.9. The van der Waals surface area contributed by atoms with Gasteiger partial charge < -0.3 is 5.11 Å². The minimum Gasteiger partial charge on any atom is -0.481 e. The van der Waals surface area contributed by atoms with E-state index in [0.29, 0.717) is 6.42 Å². The lowest BCUT2D eigenvalue weighted by Crippen LogP contribution is -2.27. The molecule has 0 aliphatic carbocycles. The highest BCUT2D eigenvalue weighted by Crippen LogP contribution is 2.38. The molecule has 1 aromatic heterocycles. The van der Waals surface area contributed by atoms with Gasteiger partial charge in [-0.2, -0.15) is 10.2 Å². The summed E-state index contributed by atoms with van der Waals surface area (Å²) in [6.07, 6.45) is 2.09. The molecule has 1 N–H and O–H groups in total. The number of hydrogen-bond donors (Lipinski definition) is 1. The molecule has 7 heteroatoms. The average Bonchev–Trinajstić information content (AvgIpc) is 3.54. The smallest absolute Gasteiger partial charge is 0.303 e. The summed E-state index contributed by atoms with van der Waals surface area (Å²) in [5.41, 5.74) is 6.34. The van der Waals surface area contributed by atoms with Crippen LogP contribution in [0.4, 0.5) is 0 Å². The zero-order valence-electron chi connectivity index (χ0n) is 19.9. The van der Waals surface area contributed by atoms with Crippen molar-refractivity contribution >= 4 is 17.6 Å². The van der Waals surface area contributed by atoms with Crippen molar-refractivity contribution in [3.8, 4) is 16.9 Å². The number of hydrazone groups is 1. The van der Waals surface area contributed by atoms with Crippen molar-refractivity contribution < 1.29 is 14.7 Å². The molecule has 0 saturated carbocycles. The summed E-state index contributed by atoms with van der Waals surface area (Å²) in [5, 5.41) is 20.2. The standard InChI is InChI=1S/C29H26N4O3/c1-20-12-14-22(15-13-20)29-24(19-32(31-29)23-10-6-3-7-11-23)26-18-25(21-8-4-2-5-9-21)30-33(26)27(34)16-17-28(35)36/h2-15,19,26H,16-18H2,1H3,(H,35,36)/t26-/m1/s1. The van der Waals surface area contributed by atoms with Crippen LogP contribution in [0.5, 0.6) is 0 Å². The largest absolute Gasteiger partial charge is 0.481 e. The summed E-state index contributed by atoms with van der Waals surface area (Å²) in [6, 6.07) is 27.3. The van der Waals surface area contributed by atoms with E-state index < -0.39 is 12.0 Å². The first-order valence-corrected chi connectivity index (χ1v) is 11.9. The van der Waals surface area contributed by atoms with Crippen molar-refractivity contribution in [2.45, 2.75) is 32.2 Å². The molecular weight excluding hydrogens is 452 g/mol. The number of amides is 1. The summed E-state index contributed by atoms with van der Waals surface area (Å²) in [6.45, 7) is 2.03. The topological polar surface area (TPSA) is 87.8 Å². The Hall–Kier alpha value is -4.52. The SMILES string of the molecule is Cc1ccc(-c2nn(-c3ccccc3)cc2[C@H]2CC(c3ccccc3)=NN2C(=O)CCC(=O)O)cc1. The fourth-order valence-electron chi connectivity index (χ4n) is 4.40. The van der Waals surface area contributed by atoms with E-state index in [2.05, 4.69) is 0 Å². The van der Waals surface area contributed by atoms with Crippen molar-refractivity contribution in [2.24, 2.45) is 5.10 Å². The third kappa shape index (κ3) is 4.81. The Labute approximate surface area is 209 Å². The first-order chi connectivity index (χ1) is 17.5. The molecule has 2 heterocycles. The molecule has 1 aliphatic rings. The third-order valence-electron chi connectivity index (χ3n) is 6.27. The fraction of sp³-hybridized carbons (Fsp3) is 0.172. The monoisotopic (exact) mass is 478 g/mol. The summed E-state index contributed by atoms with van der Waals surface area (Å²) in [4.78, 5) is 24.4. The van der Waals surface area contributed by atoms with Crippen molar-refractivity contribution in [2.75, 3.05) is 0 Å². The number of aryl methyl sites for hydroxylation is 1. The molecule has 7 nitrogen and oxygen atoms in total. The quantitative estimate of drug-likeness (QED) is 0.386. The van der Waals surface area contributed by atoms with Gasteiger partial charge in [0.2, 0.25) is 5.91 Å². The van der Waals surface area contributed by atoms with Gasteiger partial charge in [0.1, 0.15) is 0 Å². The van der Waals surface area contributed by atoms with E-state index in [0.717, 1.165) is 39.3 Å². The lowest BCUT2D eigenvalue weighted by atomic mass is 9.96. The number of nitrogens with zero attached hydrogens (tertiary/aromatic N) is 4. The van der Waals surface area contributed by atoms with E-state index in [-0.39, 0.29) is 18.7 Å². The zero-order valence-corrected chi connectivity index (χ0v) is 19.9. The minimum atomic E-state index is -1.01. The predicted octanol–water partition coefficient (Wildman–Crippen LogP) is 5.39. The van der Waals surface area contributed by atoms with Crippen molar-refractivity contribution in [3.05, 3.63) is 108 Å². The van der Waals surface area contributed by atoms with E-state index in [1.807, 2.05) is 103 Å². The molecule has 36 heavy (non-hydrogen) atoms. The van der Waals surface area contributed by atoms with Crippen LogP contribution in [0.15, 0.2) is 96.2 Å². The van der Waals surface area contributed by atoms with Crippen molar-refractivity contribution in [3.63, 3.8) is 0 Å². The molecule has 0 unspecified atom stereocenters. The molecule has 1 atom stereocenters. The Morgan fingerprint density at radius 2 is 1.56 bits per heavy atom. The van der Waals surface area contributed by atoms with Crippen LogP contribution in [-0.2, 0) is 9.59 Å². The summed E-state index contributed by atoms with van der Waals surface area (Å²) in [7, 11) is 0. The second-order valence-corrected chi connectivity index (χ2v) is 8.84. The normalized spacial score (nSPS) is 15.1. The van der Waals surface area contributed by atoms with Crippen LogP contribution >= 0.6 is 0 Å². The lowest BCUT2D eigenvalue weighted by molar-refractivity contribution is -0.141. The van der Waals surface area contributed by atoms with E-state index in [1.54, 1.807) is 0 Å². The zero-order chi connectivity index (χ0) is 25.1. The summed E-state index contributed by atoms with van der Waals surface area (Å²) < 4.78 is 1.82. The number of rotatable bonds is 7. The number of carboxylic acid groups (broad SMARTS) is 1. The molecular formula is C29H26N4O3.